The van der Waals surface area contributed by atoms with Crippen molar-refractivity contribution in [3.8, 4) is 11.5 Å². The number of aromatic nitrogens is 10. The summed E-state index contributed by atoms with van der Waals surface area (Å²) in [4.78, 5) is 73.1. The molecule has 0 saturated heterocycles. The highest BCUT2D eigenvalue weighted by molar-refractivity contribution is 6.05. The number of primary amides is 2. The highest BCUT2D eigenvalue weighted by Crippen LogP contribution is 2.33. The van der Waals surface area contributed by atoms with Crippen LogP contribution in [-0.2, 0) is 32.7 Å². The summed E-state index contributed by atoms with van der Waals surface area (Å²) in [5, 5.41) is 27.8. The maximum absolute atomic E-state index is 13.8. The van der Waals surface area contributed by atoms with Crippen LogP contribution in [0.4, 0.5) is 17.6 Å². The van der Waals surface area contributed by atoms with Gasteiger partial charge in [0.15, 0.2) is 5.69 Å². The molecular weight excluding hydrogens is 855 g/mol. The van der Waals surface area contributed by atoms with Gasteiger partial charge in [0, 0.05) is 43.5 Å². The van der Waals surface area contributed by atoms with Gasteiger partial charge in [0.1, 0.15) is 40.5 Å². The fourth-order valence-electron chi connectivity index (χ4n) is 7.27. The minimum atomic E-state index is -1.25. The molecule has 0 saturated carbocycles. The summed E-state index contributed by atoms with van der Waals surface area (Å²) in [6.07, 6.45) is 8.35. The predicted octanol–water partition coefficient (Wildman–Crippen LogP) is 3.52. The third kappa shape index (κ3) is 9.29. The zero-order chi connectivity index (χ0) is 47.4. The number of aryl methyl sites for hydroxylation is 4. The third-order valence-corrected chi connectivity index (χ3v) is 10.3. The maximum Gasteiger partial charge on any atom is 0.358 e. The molecule has 0 spiro atoms. The smallest absolute Gasteiger partial charge is 0.358 e. The second kappa shape index (κ2) is 18.9. The average molecular weight is 902 g/mol. The van der Waals surface area contributed by atoms with Gasteiger partial charge in [-0.25, -0.2) is 14.8 Å². The molecule has 0 radical (unpaired) electrons. The lowest BCUT2D eigenvalue weighted by atomic mass is 10.1. The Morgan fingerprint density at radius 3 is 1.64 bits per heavy atom. The van der Waals surface area contributed by atoms with Gasteiger partial charge in [-0.2, -0.15) is 15.3 Å². The van der Waals surface area contributed by atoms with Crippen LogP contribution in [0.2, 0.25) is 0 Å². The van der Waals surface area contributed by atoms with E-state index in [1.165, 1.54) is 42.3 Å². The molecule has 0 atom stereocenters. The number of amides is 4. The van der Waals surface area contributed by atoms with Crippen molar-refractivity contribution in [1.82, 2.24) is 48.4 Å². The van der Waals surface area contributed by atoms with Crippen molar-refractivity contribution in [2.24, 2.45) is 11.5 Å². The summed E-state index contributed by atoms with van der Waals surface area (Å²) < 4.78 is 19.8. The van der Waals surface area contributed by atoms with E-state index in [1.807, 2.05) is 13.8 Å². The molecule has 5 heterocycles. The molecule has 23 nitrogen and oxygen atoms in total. The van der Waals surface area contributed by atoms with Gasteiger partial charge in [0.05, 0.1) is 41.8 Å². The molecule has 342 valence electrons. The van der Waals surface area contributed by atoms with Crippen LogP contribution in [0.3, 0.4) is 0 Å². The van der Waals surface area contributed by atoms with Crippen molar-refractivity contribution in [2.45, 2.75) is 60.4 Å². The van der Waals surface area contributed by atoms with Crippen LogP contribution in [0.1, 0.15) is 77.4 Å². The lowest BCUT2D eigenvalue weighted by molar-refractivity contribution is 0.0689. The largest absolute Gasteiger partial charge is 0.494 e. The van der Waals surface area contributed by atoms with Crippen LogP contribution in [0.15, 0.2) is 66.9 Å². The Bertz CT molecular complexity index is 3110. The van der Waals surface area contributed by atoms with Crippen LogP contribution in [0.25, 0.3) is 22.1 Å². The second-order valence-electron chi connectivity index (χ2n) is 14.8. The fraction of sp³-hybridized carbons (Fsp3) is 0.256. The Labute approximate surface area is 375 Å². The first-order valence-corrected chi connectivity index (χ1v) is 20.5. The number of aromatic carboxylic acids is 1. The first kappa shape index (κ1) is 45.3. The maximum atomic E-state index is 13.8. The van der Waals surface area contributed by atoms with E-state index in [0.29, 0.717) is 52.4 Å². The number of fused-ring (bicyclic) bond motifs is 2. The van der Waals surface area contributed by atoms with Crippen molar-refractivity contribution in [2.75, 3.05) is 30.1 Å². The number of hydrogen-bond donors (Lipinski definition) is 6. The number of nitrogens with one attached hydrogen (secondary N) is 2. The third-order valence-electron chi connectivity index (χ3n) is 10.3. The first-order valence-electron chi connectivity index (χ1n) is 20.5. The Morgan fingerprint density at radius 1 is 0.697 bits per heavy atom. The van der Waals surface area contributed by atoms with E-state index in [-0.39, 0.29) is 77.7 Å². The minimum Gasteiger partial charge on any atom is -0.494 e. The molecule has 0 aliphatic heterocycles. The molecule has 9 N–H and O–H groups in total. The molecule has 0 bridgehead atoms. The zero-order valence-corrected chi connectivity index (χ0v) is 36.6. The summed E-state index contributed by atoms with van der Waals surface area (Å²) in [7, 11) is 1.44. The van der Waals surface area contributed by atoms with Crippen LogP contribution in [-0.4, -0.2) is 96.9 Å². The first-order chi connectivity index (χ1) is 31.6. The molecule has 2 aromatic carbocycles. The number of ether oxygens (including phenoxy) is 2. The Kier molecular flexibility index (Phi) is 13.0. The normalized spacial score (nSPS) is 11.6. The number of rotatable bonds is 19. The molecule has 23 heteroatoms. The number of nitrogen functional groups attached to an aromatic ring is 1. The van der Waals surface area contributed by atoms with Crippen LogP contribution >= 0.6 is 0 Å². The van der Waals surface area contributed by atoms with Gasteiger partial charge in [-0.3, -0.25) is 43.9 Å². The molecule has 0 aliphatic carbocycles. The van der Waals surface area contributed by atoms with Crippen LogP contribution in [0, 0.1) is 13.8 Å². The molecule has 7 aromatic rings. The van der Waals surface area contributed by atoms with Crippen molar-refractivity contribution in [1.29, 1.82) is 0 Å². The Hall–Kier alpha value is -8.76. The summed E-state index contributed by atoms with van der Waals surface area (Å²) >= 11 is 0. The molecule has 0 aliphatic rings. The lowest BCUT2D eigenvalue weighted by Gasteiger charge is -2.13. The fourth-order valence-corrected chi connectivity index (χ4v) is 7.27. The highest BCUT2D eigenvalue weighted by Gasteiger charge is 2.24. The van der Waals surface area contributed by atoms with Crippen LogP contribution in [0.5, 0.6) is 11.5 Å². The van der Waals surface area contributed by atoms with Gasteiger partial charge in [-0.05, 0) is 70.2 Å². The molecule has 66 heavy (non-hydrogen) atoms. The number of carbonyl (C=O) groups is 5. The van der Waals surface area contributed by atoms with Gasteiger partial charge in [0.2, 0.25) is 23.7 Å². The van der Waals surface area contributed by atoms with Gasteiger partial charge in [-0.15, -0.1) is 0 Å². The number of carbonyl (C=O) groups excluding carboxylic acids is 4. The monoisotopic (exact) mass is 901 g/mol. The predicted molar refractivity (Wildman–Crippen MR) is 242 cm³/mol. The molecule has 4 amide bonds. The number of nitrogens with two attached hydrogens (primary N) is 3. The van der Waals surface area contributed by atoms with Crippen LogP contribution < -0.4 is 37.3 Å². The Morgan fingerprint density at radius 2 is 1.18 bits per heavy atom. The molecule has 5 aromatic heterocycles. The molecule has 7 rings (SSSR count). The quantitative estimate of drug-likeness (QED) is 0.0633. The van der Waals surface area contributed by atoms with Crippen molar-refractivity contribution >= 4 is 69.2 Å². The Balaban J connectivity index is 1.25. The van der Waals surface area contributed by atoms with Gasteiger partial charge >= 0.3 is 5.97 Å². The van der Waals surface area contributed by atoms with Crippen molar-refractivity contribution in [3.05, 3.63) is 106 Å². The van der Waals surface area contributed by atoms with E-state index in [0.717, 1.165) is 0 Å². The van der Waals surface area contributed by atoms with Crippen molar-refractivity contribution < 1.29 is 38.6 Å². The van der Waals surface area contributed by atoms with E-state index in [2.05, 4.69) is 30.9 Å². The SMILES string of the molecule is CCn1nc(C)cc1C(=O)Nc1nc2cc(C(N)=O)cc(OC)c2n1C/C=C/Cn1c(NC(=O)c2cc(C)nn2CC)nc2cc(C(N)=O)cc(OC/C=C/Cn3cc(N)c(C(=O)O)n3)c21. The minimum absolute atomic E-state index is 0.0162. The number of allylic oxidation sites excluding steroid dienone is 3. The number of anilines is 3. The van der Waals surface area contributed by atoms with E-state index in [4.69, 9.17) is 31.7 Å². The van der Waals surface area contributed by atoms with E-state index in [9.17, 15) is 29.1 Å². The number of imidazole rings is 2. The summed E-state index contributed by atoms with van der Waals surface area (Å²) in [5.41, 5.74) is 20.5. The summed E-state index contributed by atoms with van der Waals surface area (Å²) in [5.74, 6) is -2.90. The number of benzene rings is 2. The highest BCUT2D eigenvalue weighted by atomic mass is 16.5. The van der Waals surface area contributed by atoms with Gasteiger partial charge in [0.25, 0.3) is 11.8 Å². The lowest BCUT2D eigenvalue weighted by Crippen LogP contribution is -2.20. The number of carboxylic acid groups (broad SMARTS) is 1. The van der Waals surface area contributed by atoms with Gasteiger partial charge in [-0.1, -0.05) is 18.2 Å². The molecule has 0 unspecified atom stereocenters. The number of carboxylic acids is 1. The average Bonchev–Trinajstić information content (AvgIpc) is 4.10. The van der Waals surface area contributed by atoms with Crippen molar-refractivity contribution in [3.63, 3.8) is 0 Å². The molecular formula is C43H47N15O8. The van der Waals surface area contributed by atoms with E-state index in [1.54, 1.807) is 68.8 Å². The standard InChI is InChI=1S/C43H47N15O8/c1-6-57-30(16-23(3)51-57)39(61)49-42-47-28-18-25(37(45)59)20-32(65-5)35(28)55(42)13-8-9-14-56-36-29(48-43(56)50-40(62)31-17-24(4)52-58(31)7-2)19-26(38(46)60)21-33(36)66-15-11-10-12-54-22-27(44)34(53-54)41(63)64/h8-11,16-22H,6-7,12-15,44H2,1-5H3,(H2,45,59)(H2,46,60)(H,63,64)(H,47,49,61)(H,48,50,62)/b9-8+,11-10+. The number of hydrogen-bond acceptors (Lipinski definition) is 13. The van der Waals surface area contributed by atoms with Gasteiger partial charge < -0.3 is 40.9 Å². The molecule has 0 fully saturated rings. The second-order valence-corrected chi connectivity index (χ2v) is 14.8. The van der Waals surface area contributed by atoms with E-state index < -0.39 is 29.6 Å². The summed E-state index contributed by atoms with van der Waals surface area (Å²) in [6, 6.07) is 9.28. The van der Waals surface area contributed by atoms with E-state index >= 15 is 0 Å². The number of methoxy groups -OCH3 is 1. The zero-order valence-electron chi connectivity index (χ0n) is 36.6. The topological polar surface area (TPSA) is 315 Å². The number of nitrogens with zero attached hydrogens (tertiary/aromatic N) is 10. The summed E-state index contributed by atoms with van der Waals surface area (Å²) in [6.45, 7) is 8.53.